The summed E-state index contributed by atoms with van der Waals surface area (Å²) in [6.07, 6.45) is 3.89. The Morgan fingerprint density at radius 1 is 1.06 bits per heavy atom. The molecular formula is C22H32N4O6S. The second kappa shape index (κ2) is 13.8. The lowest BCUT2D eigenvalue weighted by Crippen LogP contribution is -2.58. The molecule has 182 valence electrons. The molecule has 1 fully saturated rings. The van der Waals surface area contributed by atoms with E-state index in [2.05, 4.69) is 21.3 Å². The van der Waals surface area contributed by atoms with Gasteiger partial charge >= 0.3 is 5.97 Å². The van der Waals surface area contributed by atoms with Crippen LogP contribution in [0.1, 0.15) is 24.8 Å². The van der Waals surface area contributed by atoms with Crippen LogP contribution in [0.3, 0.4) is 0 Å². The normalized spacial score (nSPS) is 18.1. The summed E-state index contributed by atoms with van der Waals surface area (Å²) in [6, 6.07) is 5.43. The zero-order valence-corrected chi connectivity index (χ0v) is 19.4. The van der Waals surface area contributed by atoms with Gasteiger partial charge in [-0.1, -0.05) is 30.3 Å². The van der Waals surface area contributed by atoms with Crippen molar-refractivity contribution in [2.24, 2.45) is 0 Å². The fourth-order valence-corrected chi connectivity index (χ4v) is 3.95. The maximum absolute atomic E-state index is 13.2. The molecule has 0 bridgehead atoms. The van der Waals surface area contributed by atoms with Gasteiger partial charge in [-0.3, -0.25) is 14.4 Å². The summed E-state index contributed by atoms with van der Waals surface area (Å²) in [7, 11) is 0. The van der Waals surface area contributed by atoms with E-state index in [-0.39, 0.29) is 24.8 Å². The molecule has 1 aromatic carbocycles. The van der Waals surface area contributed by atoms with Gasteiger partial charge in [0.25, 0.3) is 0 Å². The van der Waals surface area contributed by atoms with E-state index in [1.54, 1.807) is 0 Å². The number of benzene rings is 1. The van der Waals surface area contributed by atoms with Crippen LogP contribution in [-0.4, -0.2) is 83.2 Å². The largest absolute Gasteiger partial charge is 0.480 e. The number of hydrogen-bond donors (Lipinski definition) is 6. The van der Waals surface area contributed by atoms with Gasteiger partial charge in [-0.05, 0) is 43.4 Å². The molecule has 0 radical (unpaired) electrons. The number of carbonyl (C=O) groups excluding carboxylic acids is 3. The molecule has 33 heavy (non-hydrogen) atoms. The first-order valence-electron chi connectivity index (χ1n) is 10.9. The number of carboxylic acids is 1. The minimum absolute atomic E-state index is 0.233. The summed E-state index contributed by atoms with van der Waals surface area (Å²) in [5.41, 5.74) is 0.841. The van der Waals surface area contributed by atoms with Gasteiger partial charge in [0.05, 0.1) is 12.6 Å². The van der Waals surface area contributed by atoms with E-state index in [9.17, 15) is 24.3 Å². The summed E-state index contributed by atoms with van der Waals surface area (Å²) in [5, 5.41) is 29.1. The number of aliphatic hydroxyl groups excluding tert-OH is 1. The van der Waals surface area contributed by atoms with Crippen LogP contribution in [0.15, 0.2) is 30.3 Å². The van der Waals surface area contributed by atoms with E-state index in [4.69, 9.17) is 5.11 Å². The zero-order valence-electron chi connectivity index (χ0n) is 18.6. The van der Waals surface area contributed by atoms with Gasteiger partial charge in [0.15, 0.2) is 0 Å². The van der Waals surface area contributed by atoms with Gasteiger partial charge in [0.1, 0.15) is 18.1 Å². The van der Waals surface area contributed by atoms with E-state index < -0.39 is 42.5 Å². The third-order valence-corrected chi connectivity index (χ3v) is 5.98. The predicted molar refractivity (Wildman–Crippen MR) is 125 cm³/mol. The van der Waals surface area contributed by atoms with Crippen LogP contribution in [0.2, 0.25) is 0 Å². The van der Waals surface area contributed by atoms with Crippen LogP contribution in [-0.2, 0) is 25.6 Å². The quantitative estimate of drug-likeness (QED) is 0.216. The molecule has 4 atom stereocenters. The van der Waals surface area contributed by atoms with Crippen molar-refractivity contribution >= 4 is 35.5 Å². The van der Waals surface area contributed by atoms with Crippen molar-refractivity contribution in [3.63, 3.8) is 0 Å². The van der Waals surface area contributed by atoms with Crippen molar-refractivity contribution in [2.75, 3.05) is 25.2 Å². The van der Waals surface area contributed by atoms with Crippen molar-refractivity contribution in [3.05, 3.63) is 35.9 Å². The highest BCUT2D eigenvalue weighted by Crippen LogP contribution is 2.09. The van der Waals surface area contributed by atoms with Gasteiger partial charge in [-0.25, -0.2) is 4.79 Å². The smallest absolute Gasteiger partial charge is 0.328 e. The molecule has 1 aliphatic rings. The summed E-state index contributed by atoms with van der Waals surface area (Å²) in [5.74, 6) is -2.36. The molecule has 0 aromatic heterocycles. The summed E-state index contributed by atoms with van der Waals surface area (Å²) >= 11 is 1.47. The number of nitrogens with one attached hydrogen (secondary N) is 4. The molecular weight excluding hydrogens is 448 g/mol. The molecule has 0 spiro atoms. The van der Waals surface area contributed by atoms with E-state index in [1.165, 1.54) is 11.8 Å². The van der Waals surface area contributed by atoms with E-state index in [1.807, 2.05) is 36.6 Å². The Hall–Kier alpha value is -2.63. The molecule has 0 saturated carbocycles. The molecule has 1 saturated heterocycles. The van der Waals surface area contributed by atoms with Crippen molar-refractivity contribution in [3.8, 4) is 0 Å². The van der Waals surface area contributed by atoms with Crippen LogP contribution >= 0.6 is 11.8 Å². The highest BCUT2D eigenvalue weighted by molar-refractivity contribution is 7.98. The molecule has 10 nitrogen and oxygen atoms in total. The monoisotopic (exact) mass is 480 g/mol. The van der Waals surface area contributed by atoms with Crippen LogP contribution < -0.4 is 21.3 Å². The first kappa shape index (κ1) is 26.6. The van der Waals surface area contributed by atoms with Crippen LogP contribution in [0.5, 0.6) is 0 Å². The highest BCUT2D eigenvalue weighted by atomic mass is 32.2. The second-order valence-electron chi connectivity index (χ2n) is 7.82. The number of rotatable bonds is 13. The maximum atomic E-state index is 13.2. The fourth-order valence-electron chi connectivity index (χ4n) is 3.47. The van der Waals surface area contributed by atoms with Crippen LogP contribution in [0.4, 0.5) is 0 Å². The molecule has 1 aromatic rings. The van der Waals surface area contributed by atoms with Crippen molar-refractivity contribution in [2.45, 2.75) is 49.9 Å². The molecule has 2 rings (SSSR count). The number of amides is 3. The molecule has 4 unspecified atom stereocenters. The third kappa shape index (κ3) is 8.67. The lowest BCUT2D eigenvalue weighted by molar-refractivity contribution is -0.143. The van der Waals surface area contributed by atoms with Gasteiger partial charge in [-0.2, -0.15) is 11.8 Å². The first-order valence-corrected chi connectivity index (χ1v) is 12.3. The third-order valence-electron chi connectivity index (χ3n) is 5.33. The van der Waals surface area contributed by atoms with Crippen LogP contribution in [0, 0.1) is 0 Å². The number of hydrogen-bond acceptors (Lipinski definition) is 7. The fraction of sp³-hybridized carbons (Fsp3) is 0.545. The predicted octanol–water partition coefficient (Wildman–Crippen LogP) is -0.734. The minimum Gasteiger partial charge on any atom is -0.480 e. The van der Waals surface area contributed by atoms with E-state index >= 15 is 0 Å². The lowest BCUT2D eigenvalue weighted by Gasteiger charge is -2.25. The number of thioether (sulfide) groups is 1. The van der Waals surface area contributed by atoms with E-state index in [0.717, 1.165) is 18.5 Å². The Morgan fingerprint density at radius 2 is 1.73 bits per heavy atom. The van der Waals surface area contributed by atoms with Crippen molar-refractivity contribution in [1.82, 2.24) is 21.3 Å². The molecule has 1 aliphatic heterocycles. The molecule has 11 heteroatoms. The van der Waals surface area contributed by atoms with Crippen molar-refractivity contribution in [1.29, 1.82) is 0 Å². The second-order valence-corrected chi connectivity index (χ2v) is 8.81. The summed E-state index contributed by atoms with van der Waals surface area (Å²) in [6.45, 7) is -0.0362. The Kier molecular flexibility index (Phi) is 11.1. The van der Waals surface area contributed by atoms with Gasteiger partial charge in [0.2, 0.25) is 17.7 Å². The molecule has 0 aliphatic carbocycles. The Morgan fingerprint density at radius 3 is 2.30 bits per heavy atom. The average molecular weight is 481 g/mol. The summed E-state index contributed by atoms with van der Waals surface area (Å²) < 4.78 is 0. The van der Waals surface area contributed by atoms with E-state index in [0.29, 0.717) is 12.2 Å². The van der Waals surface area contributed by atoms with Gasteiger partial charge < -0.3 is 31.5 Å². The number of aliphatic carboxylic acids is 1. The molecule has 3 amide bonds. The number of carbonyl (C=O) groups is 4. The topological polar surface area (TPSA) is 157 Å². The Balaban J connectivity index is 2.14. The highest BCUT2D eigenvalue weighted by Gasteiger charge is 2.31. The molecule has 1 heterocycles. The van der Waals surface area contributed by atoms with Crippen LogP contribution in [0.25, 0.3) is 0 Å². The number of carboxylic acid groups (broad SMARTS) is 1. The number of aliphatic hydroxyl groups is 1. The minimum atomic E-state index is -1.47. The Bertz CT molecular complexity index is 803. The summed E-state index contributed by atoms with van der Waals surface area (Å²) in [4.78, 5) is 49.7. The SMILES string of the molecule is CSCCC(NC(=O)C(Cc1ccccc1)NC(=O)C1CCCN1)C(=O)NC(CO)C(=O)O. The average Bonchev–Trinajstić information content (AvgIpc) is 3.35. The van der Waals surface area contributed by atoms with Gasteiger partial charge in [-0.15, -0.1) is 0 Å². The van der Waals surface area contributed by atoms with Gasteiger partial charge in [0, 0.05) is 6.42 Å². The Labute approximate surface area is 197 Å². The standard InChI is InChI=1S/C22H32N4O6S/c1-33-11-9-16(20(29)26-18(13-27)22(31)32)24-21(30)17(12-14-6-3-2-4-7-14)25-19(28)15-8-5-10-23-15/h2-4,6-7,15-18,23,27H,5,8-13H2,1H3,(H,24,30)(H,25,28)(H,26,29)(H,31,32). The van der Waals surface area contributed by atoms with Crippen molar-refractivity contribution < 1.29 is 29.4 Å². The first-order chi connectivity index (χ1) is 15.8. The zero-order chi connectivity index (χ0) is 24.2. The lowest BCUT2D eigenvalue weighted by atomic mass is 10.0. The maximum Gasteiger partial charge on any atom is 0.328 e. The molecule has 6 N–H and O–H groups in total.